The van der Waals surface area contributed by atoms with Crippen LogP contribution in [0.2, 0.25) is 0 Å². The summed E-state index contributed by atoms with van der Waals surface area (Å²) in [6.45, 7) is 10.1. The van der Waals surface area contributed by atoms with Gasteiger partial charge in [-0.2, -0.15) is 0 Å². The average Bonchev–Trinajstić information content (AvgIpc) is 2.75. The number of hydrogen-bond acceptors (Lipinski definition) is 2. The molecule has 1 aromatic rings. The van der Waals surface area contributed by atoms with E-state index >= 15 is 0 Å². The van der Waals surface area contributed by atoms with Crippen LogP contribution in [0.5, 0.6) is 0 Å². The van der Waals surface area contributed by atoms with Crippen molar-refractivity contribution in [2.75, 3.05) is 13.1 Å². The maximum Gasteiger partial charge on any atom is 0.225 e. The number of rotatable bonds is 3. The maximum absolute atomic E-state index is 12.3. The molecule has 1 aromatic carbocycles. The van der Waals surface area contributed by atoms with Crippen molar-refractivity contribution in [2.45, 2.75) is 33.7 Å². The summed E-state index contributed by atoms with van der Waals surface area (Å²) in [6.07, 6.45) is 0. The summed E-state index contributed by atoms with van der Waals surface area (Å²) < 4.78 is 0. The second-order valence-electron chi connectivity index (χ2n) is 5.83. The Kier molecular flexibility index (Phi) is 4.25. The van der Waals surface area contributed by atoms with Crippen LogP contribution in [-0.4, -0.2) is 19.0 Å². The Morgan fingerprint density at radius 2 is 2.11 bits per heavy atom. The average molecular weight is 260 g/mol. The van der Waals surface area contributed by atoms with E-state index in [9.17, 15) is 4.79 Å². The van der Waals surface area contributed by atoms with Gasteiger partial charge in [0.05, 0.1) is 12.0 Å². The van der Waals surface area contributed by atoms with E-state index in [2.05, 4.69) is 56.5 Å². The number of aryl methyl sites for hydroxylation is 2. The fourth-order valence-electron chi connectivity index (χ4n) is 2.87. The molecular weight excluding hydrogens is 236 g/mol. The van der Waals surface area contributed by atoms with E-state index < -0.39 is 0 Å². The fraction of sp³-hybridized carbons (Fsp3) is 0.562. The van der Waals surface area contributed by atoms with Crippen molar-refractivity contribution in [2.24, 2.45) is 11.8 Å². The topological polar surface area (TPSA) is 41.1 Å². The largest absolute Gasteiger partial charge is 0.349 e. The number of carbonyl (C=O) groups is 1. The fourth-order valence-corrected chi connectivity index (χ4v) is 2.87. The van der Waals surface area contributed by atoms with E-state index in [0.717, 1.165) is 13.1 Å². The highest BCUT2D eigenvalue weighted by Gasteiger charge is 2.30. The summed E-state index contributed by atoms with van der Waals surface area (Å²) in [5.41, 5.74) is 3.70. The molecule has 3 unspecified atom stereocenters. The molecule has 1 aliphatic heterocycles. The smallest absolute Gasteiger partial charge is 0.225 e. The van der Waals surface area contributed by atoms with E-state index in [0.29, 0.717) is 5.92 Å². The van der Waals surface area contributed by atoms with Crippen molar-refractivity contribution < 1.29 is 4.79 Å². The molecule has 1 amide bonds. The van der Waals surface area contributed by atoms with Crippen LogP contribution in [0.25, 0.3) is 0 Å². The third kappa shape index (κ3) is 3.16. The van der Waals surface area contributed by atoms with Gasteiger partial charge in [-0.15, -0.1) is 0 Å². The summed E-state index contributed by atoms with van der Waals surface area (Å²) in [4.78, 5) is 12.3. The molecule has 2 rings (SSSR count). The van der Waals surface area contributed by atoms with Gasteiger partial charge in [-0.3, -0.25) is 4.79 Å². The molecule has 3 heteroatoms. The van der Waals surface area contributed by atoms with Gasteiger partial charge in [-0.05, 0) is 44.4 Å². The van der Waals surface area contributed by atoms with Gasteiger partial charge in [0.25, 0.3) is 0 Å². The number of nitrogens with one attached hydrogen (secondary N) is 2. The summed E-state index contributed by atoms with van der Waals surface area (Å²) in [5.74, 6) is 0.699. The molecule has 0 bridgehead atoms. The van der Waals surface area contributed by atoms with Crippen LogP contribution in [0.4, 0.5) is 0 Å². The molecule has 3 nitrogen and oxygen atoms in total. The van der Waals surface area contributed by atoms with Gasteiger partial charge in [-0.1, -0.05) is 30.7 Å². The van der Waals surface area contributed by atoms with Crippen molar-refractivity contribution in [1.29, 1.82) is 0 Å². The van der Waals surface area contributed by atoms with Crippen LogP contribution in [0.3, 0.4) is 0 Å². The van der Waals surface area contributed by atoms with E-state index in [1.165, 1.54) is 16.7 Å². The lowest BCUT2D eigenvalue weighted by molar-refractivity contribution is -0.126. The zero-order valence-corrected chi connectivity index (χ0v) is 12.3. The van der Waals surface area contributed by atoms with E-state index in [1.54, 1.807) is 0 Å². The molecule has 0 aromatic heterocycles. The van der Waals surface area contributed by atoms with Gasteiger partial charge in [0.15, 0.2) is 0 Å². The first-order chi connectivity index (χ1) is 8.99. The zero-order valence-electron chi connectivity index (χ0n) is 12.3. The van der Waals surface area contributed by atoms with Gasteiger partial charge in [0.2, 0.25) is 5.91 Å². The van der Waals surface area contributed by atoms with Crippen LogP contribution in [0, 0.1) is 25.7 Å². The lowest BCUT2D eigenvalue weighted by atomic mass is 9.95. The molecule has 0 saturated carbocycles. The van der Waals surface area contributed by atoms with Crippen LogP contribution < -0.4 is 10.6 Å². The maximum atomic E-state index is 12.3. The highest BCUT2D eigenvalue weighted by Crippen LogP contribution is 2.21. The molecule has 1 heterocycles. The number of carbonyl (C=O) groups excluding carboxylic acids is 1. The zero-order chi connectivity index (χ0) is 14.0. The summed E-state index contributed by atoms with van der Waals surface area (Å²) in [7, 11) is 0. The quantitative estimate of drug-likeness (QED) is 0.876. The second kappa shape index (κ2) is 5.74. The van der Waals surface area contributed by atoms with Crippen LogP contribution in [0.15, 0.2) is 18.2 Å². The standard InChI is InChI=1S/C16H24N2O/c1-10-5-6-14(11(2)7-10)13(4)18-16(19)15-9-17-8-12(15)3/h5-7,12-13,15,17H,8-9H2,1-4H3,(H,18,19). The third-order valence-corrected chi connectivity index (χ3v) is 4.10. The Bertz CT molecular complexity index is 470. The normalized spacial score (nSPS) is 24.2. The molecule has 1 saturated heterocycles. The summed E-state index contributed by atoms with van der Waals surface area (Å²) >= 11 is 0. The predicted octanol–water partition coefficient (Wildman–Crippen LogP) is 2.34. The lowest BCUT2D eigenvalue weighted by Crippen LogP contribution is -2.36. The molecule has 0 radical (unpaired) electrons. The van der Waals surface area contributed by atoms with Gasteiger partial charge >= 0.3 is 0 Å². The van der Waals surface area contributed by atoms with E-state index in [-0.39, 0.29) is 17.9 Å². The van der Waals surface area contributed by atoms with Crippen LogP contribution >= 0.6 is 0 Å². The van der Waals surface area contributed by atoms with Gasteiger partial charge in [-0.25, -0.2) is 0 Å². The van der Waals surface area contributed by atoms with Crippen molar-refractivity contribution in [3.63, 3.8) is 0 Å². The molecule has 2 N–H and O–H groups in total. The first kappa shape index (κ1) is 14.1. The minimum Gasteiger partial charge on any atom is -0.349 e. The molecule has 104 valence electrons. The van der Waals surface area contributed by atoms with Crippen molar-refractivity contribution in [1.82, 2.24) is 10.6 Å². The van der Waals surface area contributed by atoms with Gasteiger partial charge in [0, 0.05) is 6.54 Å². The monoisotopic (exact) mass is 260 g/mol. The highest BCUT2D eigenvalue weighted by molar-refractivity contribution is 5.80. The Morgan fingerprint density at radius 3 is 2.68 bits per heavy atom. The summed E-state index contributed by atoms with van der Waals surface area (Å²) in [6, 6.07) is 6.45. The molecule has 0 spiro atoms. The first-order valence-corrected chi connectivity index (χ1v) is 7.07. The molecule has 1 aliphatic rings. The third-order valence-electron chi connectivity index (χ3n) is 4.10. The van der Waals surface area contributed by atoms with Crippen molar-refractivity contribution in [3.05, 3.63) is 34.9 Å². The number of amides is 1. The Labute approximate surface area is 115 Å². The van der Waals surface area contributed by atoms with E-state index in [1.807, 2.05) is 0 Å². The molecular formula is C16H24N2O. The molecule has 1 fully saturated rings. The lowest BCUT2D eigenvalue weighted by Gasteiger charge is -2.21. The van der Waals surface area contributed by atoms with Crippen molar-refractivity contribution >= 4 is 5.91 Å². The van der Waals surface area contributed by atoms with Crippen LogP contribution in [0.1, 0.15) is 36.6 Å². The Hall–Kier alpha value is -1.35. The van der Waals surface area contributed by atoms with Crippen molar-refractivity contribution in [3.8, 4) is 0 Å². The molecule has 0 aliphatic carbocycles. The number of benzene rings is 1. The molecule has 3 atom stereocenters. The van der Waals surface area contributed by atoms with Gasteiger partial charge < -0.3 is 10.6 Å². The SMILES string of the molecule is Cc1ccc(C(C)NC(=O)C2CNCC2C)c(C)c1. The minimum atomic E-state index is 0.0703. The van der Waals surface area contributed by atoms with Crippen LogP contribution in [-0.2, 0) is 4.79 Å². The van der Waals surface area contributed by atoms with Gasteiger partial charge in [0.1, 0.15) is 0 Å². The minimum absolute atomic E-state index is 0.0703. The predicted molar refractivity (Wildman–Crippen MR) is 78.0 cm³/mol. The molecule has 19 heavy (non-hydrogen) atoms. The highest BCUT2D eigenvalue weighted by atomic mass is 16.2. The Morgan fingerprint density at radius 1 is 1.37 bits per heavy atom. The summed E-state index contributed by atoms with van der Waals surface area (Å²) in [5, 5.41) is 6.42. The van der Waals surface area contributed by atoms with E-state index in [4.69, 9.17) is 0 Å². The number of hydrogen-bond donors (Lipinski definition) is 2. The Balaban J connectivity index is 2.04. The second-order valence-corrected chi connectivity index (χ2v) is 5.83. The first-order valence-electron chi connectivity index (χ1n) is 7.07.